The summed E-state index contributed by atoms with van der Waals surface area (Å²) in [7, 11) is 3.04. The number of hydrogen-bond donors (Lipinski definition) is 0. The molecule has 2 aromatic rings. The van der Waals surface area contributed by atoms with Gasteiger partial charge in [-0.05, 0) is 53.3 Å². The van der Waals surface area contributed by atoms with Crippen molar-refractivity contribution in [1.29, 1.82) is 0 Å². The minimum absolute atomic E-state index is 0.103. The Morgan fingerprint density at radius 1 is 1.00 bits per heavy atom. The van der Waals surface area contributed by atoms with Crippen LogP contribution >= 0.6 is 0 Å². The number of methoxy groups -OCH3 is 2. The maximum Gasteiger partial charge on any atom is 0.337 e. The first-order valence-corrected chi connectivity index (χ1v) is 9.35. The van der Waals surface area contributed by atoms with Crippen LogP contribution < -0.4 is 9.47 Å². The van der Waals surface area contributed by atoms with Crippen molar-refractivity contribution in [3.05, 3.63) is 47.5 Å². The molecule has 0 aliphatic carbocycles. The fourth-order valence-corrected chi connectivity index (χ4v) is 2.96. The zero-order chi connectivity index (χ0) is 20.0. The predicted molar refractivity (Wildman–Crippen MR) is 109 cm³/mol. The molecule has 0 aromatic heterocycles. The molecule has 0 bridgehead atoms. The van der Waals surface area contributed by atoms with E-state index in [0.717, 1.165) is 41.0 Å². The number of rotatable bonds is 7. The monoisotopic (exact) mass is 370 g/mol. The van der Waals surface area contributed by atoms with Crippen molar-refractivity contribution in [1.82, 2.24) is 0 Å². The van der Waals surface area contributed by atoms with E-state index in [1.807, 2.05) is 36.4 Å². The van der Waals surface area contributed by atoms with Crippen molar-refractivity contribution in [2.24, 2.45) is 0 Å². The summed E-state index contributed by atoms with van der Waals surface area (Å²) in [5.41, 5.74) is 3.41. The van der Waals surface area contributed by atoms with E-state index in [-0.39, 0.29) is 11.4 Å². The average molecular weight is 370 g/mol. The standard InChI is InChI=1S/C23H30O4/c1-7-8-13-27-21-12-10-17(25-5)15-19(21)18-14-16(22(24)26-6)9-11-20(18)23(2,3)4/h9-12,14-15H,7-8,13H2,1-6H3. The summed E-state index contributed by atoms with van der Waals surface area (Å²) in [6.45, 7) is 9.25. The van der Waals surface area contributed by atoms with E-state index in [4.69, 9.17) is 14.2 Å². The third kappa shape index (κ3) is 5.03. The minimum Gasteiger partial charge on any atom is -0.497 e. The van der Waals surface area contributed by atoms with Crippen molar-refractivity contribution in [2.75, 3.05) is 20.8 Å². The molecule has 0 aliphatic heterocycles. The maximum atomic E-state index is 12.1. The molecule has 0 N–H and O–H groups in total. The molecule has 0 fully saturated rings. The number of hydrogen-bond acceptors (Lipinski definition) is 4. The Hall–Kier alpha value is -2.49. The topological polar surface area (TPSA) is 44.8 Å². The molecular formula is C23H30O4. The Morgan fingerprint density at radius 2 is 1.74 bits per heavy atom. The lowest BCUT2D eigenvalue weighted by molar-refractivity contribution is 0.0600. The van der Waals surface area contributed by atoms with Crippen LogP contribution in [0.3, 0.4) is 0 Å². The Kier molecular flexibility index (Phi) is 6.89. The van der Waals surface area contributed by atoms with Gasteiger partial charge in [-0.15, -0.1) is 0 Å². The lowest BCUT2D eigenvalue weighted by atomic mass is 9.81. The third-order valence-electron chi connectivity index (χ3n) is 4.48. The van der Waals surface area contributed by atoms with E-state index in [0.29, 0.717) is 12.2 Å². The smallest absolute Gasteiger partial charge is 0.337 e. The lowest BCUT2D eigenvalue weighted by Crippen LogP contribution is -2.14. The van der Waals surface area contributed by atoms with Crippen molar-refractivity contribution < 1.29 is 19.0 Å². The first-order valence-electron chi connectivity index (χ1n) is 9.35. The summed E-state index contributed by atoms with van der Waals surface area (Å²) in [4.78, 5) is 12.1. The zero-order valence-electron chi connectivity index (χ0n) is 17.2. The average Bonchev–Trinajstić information content (AvgIpc) is 2.66. The SMILES string of the molecule is CCCCOc1ccc(OC)cc1-c1cc(C(=O)OC)ccc1C(C)(C)C. The number of carbonyl (C=O) groups excluding carboxylic acids is 1. The normalized spacial score (nSPS) is 11.2. The molecule has 0 heterocycles. The van der Waals surface area contributed by atoms with Crippen LogP contribution in [0.1, 0.15) is 56.5 Å². The first-order chi connectivity index (χ1) is 12.8. The molecule has 0 radical (unpaired) electrons. The summed E-state index contributed by atoms with van der Waals surface area (Å²) in [6, 6.07) is 11.5. The Balaban J connectivity index is 2.67. The van der Waals surface area contributed by atoms with E-state index >= 15 is 0 Å². The van der Waals surface area contributed by atoms with Gasteiger partial charge in [0, 0.05) is 5.56 Å². The van der Waals surface area contributed by atoms with Gasteiger partial charge in [-0.1, -0.05) is 40.2 Å². The van der Waals surface area contributed by atoms with Crippen LogP contribution in [0.15, 0.2) is 36.4 Å². The van der Waals surface area contributed by atoms with Crippen molar-refractivity contribution >= 4 is 5.97 Å². The van der Waals surface area contributed by atoms with Gasteiger partial charge >= 0.3 is 5.97 Å². The highest BCUT2D eigenvalue weighted by Crippen LogP contribution is 2.40. The summed E-state index contributed by atoms with van der Waals surface area (Å²) in [6.07, 6.45) is 2.05. The second kappa shape index (κ2) is 8.94. The summed E-state index contributed by atoms with van der Waals surface area (Å²) in [5, 5.41) is 0. The van der Waals surface area contributed by atoms with Crippen LogP contribution in [-0.2, 0) is 10.2 Å². The van der Waals surface area contributed by atoms with Crippen molar-refractivity contribution in [3.8, 4) is 22.6 Å². The lowest BCUT2D eigenvalue weighted by Gasteiger charge is -2.25. The van der Waals surface area contributed by atoms with E-state index in [9.17, 15) is 4.79 Å². The molecule has 146 valence electrons. The van der Waals surface area contributed by atoms with E-state index in [1.165, 1.54) is 7.11 Å². The molecular weight excluding hydrogens is 340 g/mol. The van der Waals surface area contributed by atoms with E-state index in [2.05, 4.69) is 27.7 Å². The molecule has 27 heavy (non-hydrogen) atoms. The van der Waals surface area contributed by atoms with Gasteiger partial charge in [-0.2, -0.15) is 0 Å². The van der Waals surface area contributed by atoms with E-state index in [1.54, 1.807) is 7.11 Å². The fourth-order valence-electron chi connectivity index (χ4n) is 2.96. The largest absolute Gasteiger partial charge is 0.497 e. The molecule has 0 amide bonds. The Labute approximate surface area is 162 Å². The number of carbonyl (C=O) groups is 1. The first kappa shape index (κ1) is 20.8. The van der Waals surface area contributed by atoms with Crippen LogP contribution in [-0.4, -0.2) is 26.8 Å². The summed E-state index contributed by atoms with van der Waals surface area (Å²) < 4.78 is 16.4. The molecule has 0 atom stereocenters. The third-order valence-corrected chi connectivity index (χ3v) is 4.48. The molecule has 0 aliphatic rings. The van der Waals surface area contributed by atoms with Gasteiger partial charge in [0.15, 0.2) is 0 Å². The van der Waals surface area contributed by atoms with Crippen molar-refractivity contribution in [3.63, 3.8) is 0 Å². The second-order valence-electron chi connectivity index (χ2n) is 7.57. The summed E-state index contributed by atoms with van der Waals surface area (Å²) in [5.74, 6) is 1.18. The molecule has 2 aromatic carbocycles. The van der Waals surface area contributed by atoms with Gasteiger partial charge in [0.05, 0.1) is 26.4 Å². The van der Waals surface area contributed by atoms with Crippen LogP contribution in [0, 0.1) is 0 Å². The number of ether oxygens (including phenoxy) is 3. The Morgan fingerprint density at radius 3 is 2.33 bits per heavy atom. The number of unbranched alkanes of at least 4 members (excludes halogenated alkanes) is 1. The molecule has 4 heteroatoms. The second-order valence-corrected chi connectivity index (χ2v) is 7.57. The maximum absolute atomic E-state index is 12.1. The van der Waals surface area contributed by atoms with Gasteiger partial charge in [-0.3, -0.25) is 0 Å². The van der Waals surface area contributed by atoms with Gasteiger partial charge in [0.2, 0.25) is 0 Å². The molecule has 2 rings (SSSR count). The van der Waals surface area contributed by atoms with Crippen molar-refractivity contribution in [2.45, 2.75) is 46.0 Å². The van der Waals surface area contributed by atoms with E-state index < -0.39 is 0 Å². The minimum atomic E-state index is -0.354. The molecule has 4 nitrogen and oxygen atoms in total. The van der Waals surface area contributed by atoms with Crippen LogP contribution in [0.5, 0.6) is 11.5 Å². The van der Waals surface area contributed by atoms with Crippen LogP contribution in [0.4, 0.5) is 0 Å². The summed E-state index contributed by atoms with van der Waals surface area (Å²) >= 11 is 0. The van der Waals surface area contributed by atoms with Gasteiger partial charge in [0.1, 0.15) is 11.5 Å². The highest BCUT2D eigenvalue weighted by atomic mass is 16.5. The van der Waals surface area contributed by atoms with Gasteiger partial charge in [-0.25, -0.2) is 4.79 Å². The quantitative estimate of drug-likeness (QED) is 0.468. The van der Waals surface area contributed by atoms with Gasteiger partial charge < -0.3 is 14.2 Å². The predicted octanol–water partition coefficient (Wildman–Crippen LogP) is 5.63. The van der Waals surface area contributed by atoms with Crippen LogP contribution in [0.25, 0.3) is 11.1 Å². The number of esters is 1. The molecule has 0 spiro atoms. The number of benzene rings is 2. The fraction of sp³-hybridized carbons (Fsp3) is 0.435. The molecule has 0 saturated heterocycles. The highest BCUT2D eigenvalue weighted by molar-refractivity contribution is 5.92. The zero-order valence-corrected chi connectivity index (χ0v) is 17.2. The Bertz CT molecular complexity index is 787. The van der Waals surface area contributed by atoms with Gasteiger partial charge in [0.25, 0.3) is 0 Å². The van der Waals surface area contributed by atoms with Crippen LogP contribution in [0.2, 0.25) is 0 Å². The molecule has 0 saturated carbocycles. The highest BCUT2D eigenvalue weighted by Gasteiger charge is 2.23. The molecule has 0 unspecified atom stereocenters.